The van der Waals surface area contributed by atoms with Crippen LogP contribution in [0.5, 0.6) is 0 Å². The van der Waals surface area contributed by atoms with E-state index in [0.717, 1.165) is 11.8 Å². The van der Waals surface area contributed by atoms with E-state index >= 15 is 0 Å². The van der Waals surface area contributed by atoms with E-state index in [0.29, 0.717) is 19.4 Å². The van der Waals surface area contributed by atoms with Crippen molar-refractivity contribution in [2.45, 2.75) is 144 Å². The highest BCUT2D eigenvalue weighted by atomic mass is 32.2. The Kier molecular flexibility index (Phi) is 20.2. The second kappa shape index (κ2) is 22.6. The summed E-state index contributed by atoms with van der Waals surface area (Å²) in [4.78, 5) is 66.5. The molecule has 0 bridgehead atoms. The van der Waals surface area contributed by atoms with Crippen LogP contribution in [0.25, 0.3) is 0 Å². The fraction of sp³-hybridized carbons (Fsp3) is 0.718. The summed E-state index contributed by atoms with van der Waals surface area (Å²) >= 11 is 0. The number of carbonyl (C=O) groups excluding carboxylic acids is 5. The highest BCUT2D eigenvalue weighted by Gasteiger charge is 2.34. The Hall–Kier alpha value is -3.72. The number of amides is 5. The molecule has 54 heavy (non-hydrogen) atoms. The van der Waals surface area contributed by atoms with Crippen LogP contribution in [0.3, 0.4) is 0 Å². The lowest BCUT2D eigenvalue weighted by molar-refractivity contribution is -0.133. The number of nitrogens with one attached hydrogen (secondary N) is 5. The summed E-state index contributed by atoms with van der Waals surface area (Å²) in [5, 5.41) is 25.1. The normalized spacial score (nSPS) is 15.9. The van der Waals surface area contributed by atoms with Crippen LogP contribution in [-0.2, 0) is 40.3 Å². The standard InChI is InChI=1S/C39H67N5O9S/c1-12-26(6)33(37(49)40-23-28-16-14-13-15-17-28)44-34(46)27(7)22-32(45)30(20-24(2)3)42-35(47)29(18-19-54(11,51)52)41-36(48)31(21-25(4)5)43-38(50)53-39(8,9)10/h13-17,24-27,29-33,45H,12,18-23H2,1-11H3,(H,40,49)(H,41,48)(H,42,47)(H,43,50)(H,44,46)/t26-,27+,29+,30-,31-,32-,33-/m0/s1. The van der Waals surface area contributed by atoms with E-state index in [1.54, 1.807) is 27.7 Å². The van der Waals surface area contributed by atoms with Gasteiger partial charge in [0.05, 0.1) is 17.9 Å². The monoisotopic (exact) mass is 781 g/mol. The Labute approximate surface area is 323 Å². The van der Waals surface area contributed by atoms with E-state index in [4.69, 9.17) is 4.74 Å². The number of alkyl carbamates (subject to hydrolysis) is 1. The highest BCUT2D eigenvalue weighted by molar-refractivity contribution is 7.90. The number of hydrogen-bond donors (Lipinski definition) is 6. The molecule has 0 aliphatic heterocycles. The molecule has 6 N–H and O–H groups in total. The van der Waals surface area contributed by atoms with Crippen LogP contribution in [0.1, 0.15) is 107 Å². The second-order valence-corrected chi connectivity index (χ2v) is 18.6. The molecule has 1 aromatic rings. The Balaban J connectivity index is 3.16. The van der Waals surface area contributed by atoms with Crippen molar-refractivity contribution in [3.05, 3.63) is 35.9 Å². The molecular weight excluding hydrogens is 715 g/mol. The molecule has 1 rings (SSSR count). The number of aliphatic hydroxyl groups is 1. The topological polar surface area (TPSA) is 209 Å². The number of aliphatic hydroxyl groups excluding tert-OH is 1. The van der Waals surface area contributed by atoms with E-state index in [-0.39, 0.29) is 42.9 Å². The molecule has 308 valence electrons. The summed E-state index contributed by atoms with van der Waals surface area (Å²) in [6.07, 6.45) is -0.166. The van der Waals surface area contributed by atoms with E-state index in [9.17, 15) is 37.5 Å². The maximum absolute atomic E-state index is 13.8. The fourth-order valence-electron chi connectivity index (χ4n) is 5.66. The van der Waals surface area contributed by atoms with Crippen LogP contribution in [0, 0.1) is 23.7 Å². The van der Waals surface area contributed by atoms with Gasteiger partial charge in [-0.1, -0.05) is 85.2 Å². The molecule has 0 radical (unpaired) electrons. The molecule has 0 unspecified atom stereocenters. The van der Waals surface area contributed by atoms with Crippen molar-refractivity contribution >= 4 is 39.6 Å². The first-order valence-corrected chi connectivity index (χ1v) is 21.1. The average molecular weight is 782 g/mol. The van der Waals surface area contributed by atoms with Crippen LogP contribution in [-0.4, -0.2) is 91.1 Å². The Morgan fingerprint density at radius 3 is 1.85 bits per heavy atom. The quantitative estimate of drug-likeness (QED) is 0.101. The van der Waals surface area contributed by atoms with Crippen molar-refractivity contribution in [2.24, 2.45) is 23.7 Å². The van der Waals surface area contributed by atoms with Gasteiger partial charge in [-0.3, -0.25) is 19.2 Å². The van der Waals surface area contributed by atoms with Crippen molar-refractivity contribution in [3.8, 4) is 0 Å². The maximum atomic E-state index is 13.8. The van der Waals surface area contributed by atoms with E-state index < -0.39 is 81.2 Å². The minimum absolute atomic E-state index is 0.00492. The largest absolute Gasteiger partial charge is 0.444 e. The first-order valence-electron chi connectivity index (χ1n) is 19.0. The Bertz CT molecular complexity index is 1460. The summed E-state index contributed by atoms with van der Waals surface area (Å²) in [7, 11) is -3.54. The number of rotatable bonds is 22. The van der Waals surface area contributed by atoms with Crippen molar-refractivity contribution < 1.29 is 42.2 Å². The van der Waals surface area contributed by atoms with Gasteiger partial charge in [0.1, 0.15) is 33.6 Å². The van der Waals surface area contributed by atoms with Crippen LogP contribution < -0.4 is 26.6 Å². The zero-order valence-electron chi connectivity index (χ0n) is 34.2. The zero-order valence-corrected chi connectivity index (χ0v) is 35.0. The summed E-state index contributed by atoms with van der Waals surface area (Å²) in [6, 6.07) is 5.34. The van der Waals surface area contributed by atoms with Gasteiger partial charge in [-0.15, -0.1) is 0 Å². The molecular formula is C39H67N5O9S. The predicted octanol–water partition coefficient (Wildman–Crippen LogP) is 3.61. The van der Waals surface area contributed by atoms with Gasteiger partial charge in [-0.25, -0.2) is 13.2 Å². The molecule has 0 heterocycles. The summed E-state index contributed by atoms with van der Waals surface area (Å²) < 4.78 is 29.6. The first kappa shape index (κ1) is 48.3. The van der Waals surface area contributed by atoms with Gasteiger partial charge in [0.2, 0.25) is 23.6 Å². The van der Waals surface area contributed by atoms with Gasteiger partial charge in [-0.05, 0) is 69.8 Å². The van der Waals surface area contributed by atoms with Crippen molar-refractivity contribution in [2.75, 3.05) is 12.0 Å². The van der Waals surface area contributed by atoms with Gasteiger partial charge in [0.15, 0.2) is 0 Å². The third kappa shape index (κ3) is 19.6. The van der Waals surface area contributed by atoms with Crippen LogP contribution >= 0.6 is 0 Å². The number of sulfone groups is 1. The molecule has 0 spiro atoms. The van der Waals surface area contributed by atoms with Crippen LogP contribution in [0.4, 0.5) is 4.79 Å². The lowest BCUT2D eigenvalue weighted by atomic mass is 9.91. The van der Waals surface area contributed by atoms with E-state index in [1.807, 2.05) is 71.9 Å². The van der Waals surface area contributed by atoms with Crippen molar-refractivity contribution in [1.29, 1.82) is 0 Å². The minimum atomic E-state index is -3.54. The second-order valence-electron chi connectivity index (χ2n) is 16.3. The molecule has 5 amide bonds. The molecule has 1 aromatic carbocycles. The fourth-order valence-corrected chi connectivity index (χ4v) is 6.32. The molecule has 0 aromatic heterocycles. The molecule has 0 saturated heterocycles. The molecule has 0 fully saturated rings. The highest BCUT2D eigenvalue weighted by Crippen LogP contribution is 2.18. The zero-order chi connectivity index (χ0) is 41.4. The Morgan fingerprint density at radius 1 is 0.759 bits per heavy atom. The number of hydrogen-bond acceptors (Lipinski definition) is 9. The summed E-state index contributed by atoms with van der Waals surface area (Å²) in [6.45, 7) is 18.3. The van der Waals surface area contributed by atoms with Gasteiger partial charge >= 0.3 is 6.09 Å². The smallest absolute Gasteiger partial charge is 0.408 e. The van der Waals surface area contributed by atoms with Crippen molar-refractivity contribution in [1.82, 2.24) is 26.6 Å². The molecule has 0 aliphatic rings. The Morgan fingerprint density at radius 2 is 1.33 bits per heavy atom. The lowest BCUT2D eigenvalue weighted by Crippen LogP contribution is -2.57. The lowest BCUT2D eigenvalue weighted by Gasteiger charge is -2.31. The molecule has 0 aliphatic carbocycles. The van der Waals surface area contributed by atoms with Gasteiger partial charge in [0, 0.05) is 18.7 Å². The summed E-state index contributed by atoms with van der Waals surface area (Å²) in [5.74, 6) is -3.55. The minimum Gasteiger partial charge on any atom is -0.444 e. The van der Waals surface area contributed by atoms with Gasteiger partial charge in [-0.2, -0.15) is 0 Å². The molecule has 14 nitrogen and oxygen atoms in total. The number of carbonyl (C=O) groups is 5. The van der Waals surface area contributed by atoms with Gasteiger partial charge < -0.3 is 36.4 Å². The maximum Gasteiger partial charge on any atom is 0.408 e. The molecule has 7 atom stereocenters. The van der Waals surface area contributed by atoms with Crippen LogP contribution in [0.2, 0.25) is 0 Å². The van der Waals surface area contributed by atoms with E-state index in [2.05, 4.69) is 26.6 Å². The summed E-state index contributed by atoms with van der Waals surface area (Å²) in [5.41, 5.74) is 0.0960. The number of ether oxygens (including phenoxy) is 1. The number of benzene rings is 1. The average Bonchev–Trinajstić information content (AvgIpc) is 3.05. The van der Waals surface area contributed by atoms with Crippen LogP contribution in [0.15, 0.2) is 30.3 Å². The van der Waals surface area contributed by atoms with Gasteiger partial charge in [0.25, 0.3) is 0 Å². The van der Waals surface area contributed by atoms with E-state index in [1.165, 1.54) is 0 Å². The third-order valence-electron chi connectivity index (χ3n) is 8.79. The van der Waals surface area contributed by atoms with Crippen molar-refractivity contribution in [3.63, 3.8) is 0 Å². The third-order valence-corrected chi connectivity index (χ3v) is 9.77. The SMILES string of the molecule is CC[C@H](C)[C@H](NC(=O)[C@H](C)C[C@H](O)[C@H](CC(C)C)NC(=O)[C@@H](CCS(C)(=O)=O)NC(=O)[C@H](CC(C)C)NC(=O)OC(C)(C)C)C(=O)NCc1ccccc1. The molecule has 15 heteroatoms. The molecule has 0 saturated carbocycles. The predicted molar refractivity (Wildman–Crippen MR) is 210 cm³/mol. The first-order chi connectivity index (χ1) is 24.9.